The van der Waals surface area contributed by atoms with Gasteiger partial charge in [0.15, 0.2) is 0 Å². The van der Waals surface area contributed by atoms with Gasteiger partial charge in [0, 0.05) is 29.1 Å². The zero-order valence-electron chi connectivity index (χ0n) is 19.7. The van der Waals surface area contributed by atoms with Crippen molar-refractivity contribution in [1.29, 1.82) is 0 Å². The fourth-order valence-electron chi connectivity index (χ4n) is 4.45. The normalized spacial score (nSPS) is 19.0. The second-order valence-electron chi connectivity index (χ2n) is 8.70. The number of benzene rings is 1. The summed E-state index contributed by atoms with van der Waals surface area (Å²) in [5, 5.41) is 4.04. The van der Waals surface area contributed by atoms with Crippen molar-refractivity contribution in [2.45, 2.75) is 37.7 Å². The molecule has 1 N–H and O–H groups in total. The number of amides is 1. The Morgan fingerprint density at radius 2 is 2.03 bits per heavy atom. The maximum absolute atomic E-state index is 13.0. The van der Waals surface area contributed by atoms with Gasteiger partial charge >= 0.3 is 0 Å². The zero-order valence-corrected chi connectivity index (χ0v) is 21.3. The summed E-state index contributed by atoms with van der Waals surface area (Å²) in [6.07, 6.45) is 3.94. The van der Waals surface area contributed by atoms with Crippen LogP contribution in [-0.2, 0) is 16.4 Å². The number of ether oxygens (including phenoxy) is 2. The van der Waals surface area contributed by atoms with Gasteiger partial charge in [-0.1, -0.05) is 0 Å². The number of carbonyl (C=O) groups is 1. The van der Waals surface area contributed by atoms with E-state index in [1.807, 2.05) is 17.0 Å². The van der Waals surface area contributed by atoms with Crippen LogP contribution in [0.15, 0.2) is 29.7 Å². The minimum atomic E-state index is -3.57. The summed E-state index contributed by atoms with van der Waals surface area (Å²) in [5.41, 5.74) is 2.62. The molecule has 1 unspecified atom stereocenters. The van der Waals surface area contributed by atoms with Crippen LogP contribution >= 0.6 is 11.3 Å². The van der Waals surface area contributed by atoms with E-state index >= 15 is 0 Å². The Morgan fingerprint density at radius 3 is 2.81 bits per heavy atom. The molecule has 0 saturated carbocycles. The smallest absolute Gasteiger partial charge is 0.266 e. The first-order valence-electron chi connectivity index (χ1n) is 11.4. The molecule has 2 aliphatic rings. The number of anilines is 1. The lowest BCUT2D eigenvalue weighted by molar-refractivity contribution is 0.0874. The average Bonchev–Trinajstić information content (AvgIpc) is 3.38. The predicted octanol–water partition coefficient (Wildman–Crippen LogP) is 2.65. The molecule has 3 aromatic heterocycles. The van der Waals surface area contributed by atoms with Crippen molar-refractivity contribution in [3.8, 4) is 11.8 Å². The lowest BCUT2D eigenvalue weighted by Gasteiger charge is -2.11. The molecule has 0 radical (unpaired) electrons. The Kier molecular flexibility index (Phi) is 5.23. The van der Waals surface area contributed by atoms with Gasteiger partial charge in [-0.15, -0.1) is 11.3 Å². The summed E-state index contributed by atoms with van der Waals surface area (Å²) in [7, 11) is -3.57. The van der Waals surface area contributed by atoms with E-state index in [0.717, 1.165) is 22.0 Å². The number of nitrogens with zero attached hydrogens (tertiary/aromatic N) is 5. The molecule has 1 saturated heterocycles. The van der Waals surface area contributed by atoms with Crippen molar-refractivity contribution >= 4 is 53.9 Å². The Morgan fingerprint density at radius 1 is 1.19 bits per heavy atom. The highest BCUT2D eigenvalue weighted by Gasteiger charge is 2.50. The molecule has 1 aromatic carbocycles. The summed E-state index contributed by atoms with van der Waals surface area (Å²) in [5.74, 6) is 0.482. The number of aromatic nitrogens is 4. The van der Waals surface area contributed by atoms with Crippen LogP contribution in [0.25, 0.3) is 21.1 Å². The van der Waals surface area contributed by atoms with E-state index in [1.165, 1.54) is 23.7 Å². The van der Waals surface area contributed by atoms with E-state index in [4.69, 9.17) is 9.47 Å². The van der Waals surface area contributed by atoms with Crippen molar-refractivity contribution in [1.82, 2.24) is 24.8 Å². The highest BCUT2D eigenvalue weighted by Crippen LogP contribution is 2.45. The summed E-state index contributed by atoms with van der Waals surface area (Å²) >= 11 is 1.47. The third-order valence-electron chi connectivity index (χ3n) is 6.31. The standard InChI is InChI=1S/C23H22N6O5S2/c1-4-33-21-12(7-26-23(28-21)36(3,31)32)10-34-16-9-25-18-13(27-16)5-6-15-17(18)19-20(35-15)22(30)29-11(2)14(29)8-24-19/h5-7,9,11,14,24H,4,8,10H2,1-3H3/t11-,14?,29?/m1/s1. The van der Waals surface area contributed by atoms with Gasteiger partial charge in [0.05, 0.1) is 47.2 Å². The first kappa shape index (κ1) is 22.9. The number of rotatable bonds is 6. The summed E-state index contributed by atoms with van der Waals surface area (Å²) in [6, 6.07) is 4.29. The van der Waals surface area contributed by atoms with Crippen LogP contribution in [0.3, 0.4) is 0 Å². The summed E-state index contributed by atoms with van der Waals surface area (Å²) in [6.45, 7) is 4.86. The quantitative estimate of drug-likeness (QED) is 0.295. The molecule has 0 spiro atoms. The first-order chi connectivity index (χ1) is 17.3. The van der Waals surface area contributed by atoms with Crippen LogP contribution < -0.4 is 14.8 Å². The van der Waals surface area contributed by atoms with Crippen molar-refractivity contribution in [3.05, 3.63) is 35.0 Å². The van der Waals surface area contributed by atoms with Crippen LogP contribution in [-0.4, -0.2) is 70.7 Å². The molecule has 1 fully saturated rings. The number of carbonyl (C=O) groups excluding carboxylic acids is 1. The van der Waals surface area contributed by atoms with E-state index in [2.05, 4.69) is 32.2 Å². The molecule has 4 aromatic rings. The molecule has 186 valence electrons. The monoisotopic (exact) mass is 526 g/mol. The van der Waals surface area contributed by atoms with Crippen LogP contribution in [0.1, 0.15) is 29.1 Å². The van der Waals surface area contributed by atoms with Gasteiger partial charge in [0.1, 0.15) is 11.5 Å². The molecule has 2 aliphatic heterocycles. The Hall–Kier alpha value is -3.58. The van der Waals surface area contributed by atoms with Crippen molar-refractivity contribution in [3.63, 3.8) is 0 Å². The van der Waals surface area contributed by atoms with Crippen molar-refractivity contribution in [2.24, 2.45) is 0 Å². The van der Waals surface area contributed by atoms with Crippen LogP contribution in [0, 0.1) is 0 Å². The van der Waals surface area contributed by atoms with Crippen molar-refractivity contribution < 1.29 is 22.7 Å². The SMILES string of the molecule is CCOc1nc(S(C)(=O)=O)ncc1COc1cnc2c(ccc3sc4c(c32)NCC2[C@@H](C)N2C4=O)n1. The van der Waals surface area contributed by atoms with Gasteiger partial charge in [-0.05, 0) is 26.0 Å². The molecular weight excluding hydrogens is 504 g/mol. The maximum Gasteiger partial charge on any atom is 0.266 e. The molecule has 5 heterocycles. The van der Waals surface area contributed by atoms with Crippen LogP contribution in [0.4, 0.5) is 5.69 Å². The average molecular weight is 527 g/mol. The van der Waals surface area contributed by atoms with E-state index < -0.39 is 9.84 Å². The Bertz CT molecular complexity index is 1650. The van der Waals surface area contributed by atoms with E-state index in [-0.39, 0.29) is 41.5 Å². The predicted molar refractivity (Wildman–Crippen MR) is 133 cm³/mol. The molecule has 1 amide bonds. The molecule has 13 heteroatoms. The molecule has 0 bridgehead atoms. The highest BCUT2D eigenvalue weighted by molar-refractivity contribution is 7.90. The zero-order chi connectivity index (χ0) is 25.2. The van der Waals surface area contributed by atoms with Gasteiger partial charge in [-0.2, -0.15) is 4.98 Å². The second-order valence-corrected chi connectivity index (χ2v) is 11.7. The molecule has 0 aliphatic carbocycles. The Balaban J connectivity index is 1.31. The molecular formula is C23H22N6O5S2. The number of thiophene rings is 1. The van der Waals surface area contributed by atoms with Gasteiger partial charge in [0.25, 0.3) is 5.91 Å². The minimum absolute atomic E-state index is 0.0150. The first-order valence-corrected chi connectivity index (χ1v) is 14.1. The topological polar surface area (TPSA) is 136 Å². The molecule has 11 nitrogen and oxygen atoms in total. The highest BCUT2D eigenvalue weighted by atomic mass is 32.2. The molecule has 36 heavy (non-hydrogen) atoms. The lowest BCUT2D eigenvalue weighted by atomic mass is 10.1. The van der Waals surface area contributed by atoms with E-state index in [0.29, 0.717) is 34.6 Å². The third-order valence-corrected chi connectivity index (χ3v) is 8.32. The van der Waals surface area contributed by atoms with Gasteiger partial charge in [0.2, 0.25) is 26.8 Å². The second kappa shape index (κ2) is 8.23. The van der Waals surface area contributed by atoms with E-state index in [9.17, 15) is 13.2 Å². The third kappa shape index (κ3) is 3.69. The summed E-state index contributed by atoms with van der Waals surface area (Å²) < 4.78 is 35.9. The number of sulfone groups is 1. The van der Waals surface area contributed by atoms with Gasteiger partial charge < -0.3 is 19.7 Å². The summed E-state index contributed by atoms with van der Waals surface area (Å²) in [4.78, 5) is 32.8. The number of nitrogens with one attached hydrogen (secondary N) is 1. The minimum Gasteiger partial charge on any atom is -0.478 e. The van der Waals surface area contributed by atoms with Crippen LogP contribution in [0.5, 0.6) is 11.8 Å². The number of hydrogen-bond acceptors (Lipinski definition) is 11. The maximum atomic E-state index is 13.0. The fourth-order valence-corrected chi connectivity index (χ4v) is 6.07. The number of fused-ring (bicyclic) bond motifs is 6. The fraction of sp³-hybridized carbons (Fsp3) is 0.348. The number of hydrogen-bond donors (Lipinski definition) is 1. The Labute approximate surface area is 210 Å². The van der Waals surface area contributed by atoms with Crippen LogP contribution in [0.2, 0.25) is 0 Å². The van der Waals surface area contributed by atoms with Gasteiger partial charge in [-0.25, -0.2) is 23.4 Å². The largest absolute Gasteiger partial charge is 0.478 e. The van der Waals surface area contributed by atoms with E-state index in [1.54, 1.807) is 6.92 Å². The lowest BCUT2D eigenvalue weighted by Crippen LogP contribution is -2.12. The molecule has 6 rings (SSSR count). The van der Waals surface area contributed by atoms with Gasteiger partial charge in [-0.3, -0.25) is 4.79 Å². The van der Waals surface area contributed by atoms with Crippen molar-refractivity contribution in [2.75, 3.05) is 24.7 Å². The molecule has 2 atom stereocenters.